The number of carbonyl (C=O) groups excluding carboxylic acids is 1. The predicted octanol–water partition coefficient (Wildman–Crippen LogP) is 1.69. The number of benzene rings is 1. The number of hydrogen-bond acceptors (Lipinski definition) is 4. The lowest BCUT2D eigenvalue weighted by Gasteiger charge is -1.93. The number of nitro groups is 1. The molecular weight excluding hydrogens is 198 g/mol. The fourth-order valence-electron chi connectivity index (χ4n) is 0.973. The lowest BCUT2D eigenvalue weighted by Crippen LogP contribution is -1.87. The third-order valence-corrected chi connectivity index (χ3v) is 1.65. The Bertz CT molecular complexity index is 370. The highest BCUT2D eigenvalue weighted by atomic mass is 16.6. The van der Waals surface area contributed by atoms with Crippen molar-refractivity contribution in [3.05, 3.63) is 46.0 Å². The molecule has 0 saturated carbocycles. The third kappa shape index (κ3) is 3.60. The van der Waals surface area contributed by atoms with E-state index in [4.69, 9.17) is 0 Å². The summed E-state index contributed by atoms with van der Waals surface area (Å²) in [6, 6.07) is 6.04. The first-order chi connectivity index (χ1) is 7.24. The highest BCUT2D eigenvalue weighted by molar-refractivity contribution is 5.52. The molecule has 0 N–H and O–H groups in total. The van der Waals surface area contributed by atoms with Crippen LogP contribution in [0.25, 0.3) is 6.08 Å². The van der Waals surface area contributed by atoms with Crippen molar-refractivity contribution in [2.24, 2.45) is 0 Å². The molecule has 5 nitrogen and oxygen atoms in total. The van der Waals surface area contributed by atoms with Crippen LogP contribution in [-0.4, -0.2) is 18.0 Å². The number of rotatable bonds is 5. The van der Waals surface area contributed by atoms with Crippen LogP contribution in [0.1, 0.15) is 5.56 Å². The van der Waals surface area contributed by atoms with Gasteiger partial charge >= 0.3 is 6.47 Å². The minimum Gasteiger partial charge on any atom is -0.453 e. The summed E-state index contributed by atoms with van der Waals surface area (Å²) in [5.74, 6) is 0. The first kappa shape index (κ1) is 10.9. The molecule has 0 atom stereocenters. The van der Waals surface area contributed by atoms with Gasteiger partial charge in [0.1, 0.15) is 6.61 Å². The third-order valence-electron chi connectivity index (χ3n) is 1.65. The van der Waals surface area contributed by atoms with E-state index in [-0.39, 0.29) is 12.3 Å². The SMILES string of the molecule is O=[C]OCC=Cc1ccc([N+](=O)[O-])cc1. The Balaban J connectivity index is 2.60. The molecule has 0 aliphatic heterocycles. The molecule has 0 bridgehead atoms. The van der Waals surface area contributed by atoms with Gasteiger partial charge in [0.05, 0.1) is 4.92 Å². The monoisotopic (exact) mass is 206 g/mol. The van der Waals surface area contributed by atoms with Crippen LogP contribution < -0.4 is 0 Å². The van der Waals surface area contributed by atoms with Crippen LogP contribution in [0, 0.1) is 10.1 Å². The summed E-state index contributed by atoms with van der Waals surface area (Å²) in [5.41, 5.74) is 0.847. The Kier molecular flexibility index (Phi) is 4.03. The first-order valence-electron chi connectivity index (χ1n) is 4.14. The maximum absolute atomic E-state index is 10.3. The van der Waals surface area contributed by atoms with Crippen molar-refractivity contribution in [3.63, 3.8) is 0 Å². The number of nitrogens with zero attached hydrogens (tertiary/aromatic N) is 1. The largest absolute Gasteiger partial charge is 0.453 e. The van der Waals surface area contributed by atoms with E-state index in [0.29, 0.717) is 0 Å². The van der Waals surface area contributed by atoms with E-state index in [0.717, 1.165) is 5.56 Å². The zero-order valence-electron chi connectivity index (χ0n) is 7.75. The van der Waals surface area contributed by atoms with E-state index in [9.17, 15) is 14.9 Å². The van der Waals surface area contributed by atoms with Crippen molar-refractivity contribution >= 4 is 18.2 Å². The second-order valence-corrected chi connectivity index (χ2v) is 2.65. The molecule has 0 amide bonds. The summed E-state index contributed by atoms with van der Waals surface area (Å²) in [6.07, 6.45) is 3.31. The molecule has 0 saturated heterocycles. The van der Waals surface area contributed by atoms with Crippen molar-refractivity contribution in [2.45, 2.75) is 0 Å². The van der Waals surface area contributed by atoms with Gasteiger partial charge in [-0.2, -0.15) is 0 Å². The molecular formula is C10H8NO4. The highest BCUT2D eigenvalue weighted by Gasteiger charge is 2.01. The van der Waals surface area contributed by atoms with Crippen LogP contribution in [0.2, 0.25) is 0 Å². The molecule has 1 radical (unpaired) electrons. The van der Waals surface area contributed by atoms with Gasteiger partial charge in [0.15, 0.2) is 0 Å². The summed E-state index contributed by atoms with van der Waals surface area (Å²) in [5, 5.41) is 10.3. The maximum Gasteiger partial charge on any atom is 0.417 e. The molecule has 0 heterocycles. The molecule has 0 aliphatic carbocycles. The predicted molar refractivity (Wildman–Crippen MR) is 53.8 cm³/mol. The van der Waals surface area contributed by atoms with Gasteiger partial charge in [-0.15, -0.1) is 0 Å². The van der Waals surface area contributed by atoms with E-state index >= 15 is 0 Å². The molecule has 0 fully saturated rings. The average Bonchev–Trinajstić information content (AvgIpc) is 2.25. The average molecular weight is 206 g/mol. The van der Waals surface area contributed by atoms with Gasteiger partial charge in [0.25, 0.3) is 5.69 Å². The van der Waals surface area contributed by atoms with Gasteiger partial charge in [-0.3, -0.25) is 10.1 Å². The van der Waals surface area contributed by atoms with Crippen molar-refractivity contribution < 1.29 is 14.5 Å². The fourth-order valence-corrected chi connectivity index (χ4v) is 0.973. The number of nitro benzene ring substituents is 1. The Morgan fingerprint density at radius 3 is 2.60 bits per heavy atom. The fraction of sp³-hybridized carbons (Fsp3) is 0.100. The molecule has 0 spiro atoms. The Hall–Kier alpha value is -2.17. The Morgan fingerprint density at radius 1 is 1.40 bits per heavy atom. The highest BCUT2D eigenvalue weighted by Crippen LogP contribution is 2.12. The van der Waals surface area contributed by atoms with Gasteiger partial charge in [-0.05, 0) is 23.8 Å². The summed E-state index contributed by atoms with van der Waals surface area (Å²) >= 11 is 0. The number of ether oxygens (including phenoxy) is 1. The zero-order valence-corrected chi connectivity index (χ0v) is 7.75. The van der Waals surface area contributed by atoms with Crippen molar-refractivity contribution in [1.29, 1.82) is 0 Å². The van der Waals surface area contributed by atoms with Gasteiger partial charge in [0.2, 0.25) is 0 Å². The molecule has 5 heteroatoms. The molecule has 1 aromatic rings. The summed E-state index contributed by atoms with van der Waals surface area (Å²) in [7, 11) is 0. The lowest BCUT2D eigenvalue weighted by molar-refractivity contribution is -0.384. The Morgan fingerprint density at radius 2 is 2.07 bits per heavy atom. The Labute approximate surface area is 86.1 Å². The van der Waals surface area contributed by atoms with Crippen LogP contribution in [0.3, 0.4) is 0 Å². The zero-order chi connectivity index (χ0) is 11.1. The summed E-state index contributed by atoms with van der Waals surface area (Å²) in [6.45, 7) is 1.43. The summed E-state index contributed by atoms with van der Waals surface area (Å²) in [4.78, 5) is 19.6. The minimum absolute atomic E-state index is 0.0459. The maximum atomic E-state index is 10.3. The van der Waals surface area contributed by atoms with Crippen LogP contribution >= 0.6 is 0 Å². The van der Waals surface area contributed by atoms with E-state index in [1.54, 1.807) is 24.3 Å². The van der Waals surface area contributed by atoms with E-state index in [1.807, 2.05) is 0 Å². The normalized spacial score (nSPS) is 10.1. The van der Waals surface area contributed by atoms with Gasteiger partial charge in [-0.25, -0.2) is 4.79 Å². The van der Waals surface area contributed by atoms with Crippen molar-refractivity contribution in [1.82, 2.24) is 0 Å². The second kappa shape index (κ2) is 5.54. The second-order valence-electron chi connectivity index (χ2n) is 2.65. The molecule has 1 rings (SSSR count). The quantitative estimate of drug-likeness (QED) is 0.417. The molecule has 1 aromatic carbocycles. The van der Waals surface area contributed by atoms with E-state index in [2.05, 4.69) is 4.74 Å². The first-order valence-corrected chi connectivity index (χ1v) is 4.14. The van der Waals surface area contributed by atoms with Gasteiger partial charge in [-0.1, -0.05) is 6.08 Å². The summed E-state index contributed by atoms with van der Waals surface area (Å²) < 4.78 is 4.32. The van der Waals surface area contributed by atoms with E-state index < -0.39 is 4.92 Å². The number of hydrogen-bond donors (Lipinski definition) is 0. The van der Waals surface area contributed by atoms with Gasteiger partial charge < -0.3 is 4.74 Å². The molecule has 0 aliphatic rings. The number of non-ortho nitro benzene ring substituents is 1. The topological polar surface area (TPSA) is 69.4 Å². The van der Waals surface area contributed by atoms with Crippen LogP contribution in [-0.2, 0) is 9.53 Å². The van der Waals surface area contributed by atoms with E-state index in [1.165, 1.54) is 18.6 Å². The lowest BCUT2D eigenvalue weighted by atomic mass is 10.2. The van der Waals surface area contributed by atoms with Crippen LogP contribution in [0.15, 0.2) is 30.3 Å². The van der Waals surface area contributed by atoms with Gasteiger partial charge in [0, 0.05) is 12.1 Å². The molecule has 77 valence electrons. The standard InChI is InChI=1S/C10H8NO4/c12-8-15-7-1-2-9-3-5-10(6-4-9)11(13)14/h1-6H,7H2. The smallest absolute Gasteiger partial charge is 0.417 e. The van der Waals surface area contributed by atoms with Crippen LogP contribution in [0.5, 0.6) is 0 Å². The van der Waals surface area contributed by atoms with Crippen LogP contribution in [0.4, 0.5) is 5.69 Å². The van der Waals surface area contributed by atoms with Crippen molar-refractivity contribution in [3.8, 4) is 0 Å². The molecule has 0 aromatic heterocycles. The molecule has 0 unspecified atom stereocenters. The van der Waals surface area contributed by atoms with Crippen molar-refractivity contribution in [2.75, 3.05) is 6.61 Å². The minimum atomic E-state index is -0.460. The molecule has 15 heavy (non-hydrogen) atoms.